The van der Waals surface area contributed by atoms with Crippen LogP contribution in [0.5, 0.6) is 0 Å². The molecule has 1 saturated carbocycles. The Labute approximate surface area is 136 Å². The molecule has 1 fully saturated rings. The Kier molecular flexibility index (Phi) is 5.00. The minimum Gasteiger partial charge on any atom is -0.352 e. The third-order valence-corrected chi connectivity index (χ3v) is 4.33. The smallest absolute Gasteiger partial charge is 0.242 e. The monoisotopic (exact) mass is 313 g/mol. The summed E-state index contributed by atoms with van der Waals surface area (Å²) in [5.41, 5.74) is 1.31. The molecule has 122 valence electrons. The average Bonchev–Trinajstić information content (AvgIpc) is 3.31. The van der Waals surface area contributed by atoms with Crippen molar-refractivity contribution in [1.82, 2.24) is 25.5 Å². The van der Waals surface area contributed by atoms with Crippen molar-refractivity contribution in [2.45, 2.75) is 51.6 Å². The van der Waals surface area contributed by atoms with Crippen molar-refractivity contribution in [3.63, 3.8) is 0 Å². The summed E-state index contributed by atoms with van der Waals surface area (Å²) in [6, 6.07) is 10.6. The maximum atomic E-state index is 12.1. The zero-order valence-electron chi connectivity index (χ0n) is 13.5. The molecule has 1 heterocycles. The number of aryl methyl sites for hydroxylation is 2. The lowest BCUT2D eigenvalue weighted by atomic mass is 10.1. The lowest BCUT2D eigenvalue weighted by molar-refractivity contribution is -0.122. The first kappa shape index (κ1) is 15.6. The highest BCUT2D eigenvalue weighted by molar-refractivity contribution is 5.76. The second-order valence-electron chi connectivity index (χ2n) is 6.29. The van der Waals surface area contributed by atoms with E-state index in [-0.39, 0.29) is 18.5 Å². The number of aromatic nitrogens is 4. The normalized spacial score (nSPS) is 15.3. The third-order valence-electron chi connectivity index (χ3n) is 4.33. The van der Waals surface area contributed by atoms with Crippen LogP contribution in [-0.2, 0) is 24.2 Å². The van der Waals surface area contributed by atoms with Gasteiger partial charge < -0.3 is 5.32 Å². The lowest BCUT2D eigenvalue weighted by Gasteiger charge is -2.12. The average molecular weight is 313 g/mol. The van der Waals surface area contributed by atoms with E-state index < -0.39 is 0 Å². The third kappa shape index (κ3) is 4.61. The van der Waals surface area contributed by atoms with Gasteiger partial charge in [0.15, 0.2) is 5.82 Å². The molecule has 0 aliphatic heterocycles. The van der Waals surface area contributed by atoms with Crippen molar-refractivity contribution < 1.29 is 4.79 Å². The molecule has 1 aliphatic rings. The standard InChI is InChI=1S/C17H23N5O/c1-13(15-10-11-15)18-17(23)12-22-16(19-20-21-22)9-5-8-14-6-3-2-4-7-14/h2-4,6-7,13,15H,5,8-12H2,1H3,(H,18,23)/t13-/m1/s1. The van der Waals surface area contributed by atoms with Crippen molar-refractivity contribution in [2.75, 3.05) is 0 Å². The number of carbonyl (C=O) groups excluding carboxylic acids is 1. The number of tetrazole rings is 1. The summed E-state index contributed by atoms with van der Waals surface area (Å²) in [7, 11) is 0. The molecule has 1 aliphatic carbocycles. The van der Waals surface area contributed by atoms with Crippen LogP contribution >= 0.6 is 0 Å². The van der Waals surface area contributed by atoms with Gasteiger partial charge in [-0.15, -0.1) is 5.10 Å². The van der Waals surface area contributed by atoms with Gasteiger partial charge in [0.05, 0.1) is 0 Å². The largest absolute Gasteiger partial charge is 0.352 e. The number of benzene rings is 1. The van der Waals surface area contributed by atoms with Gasteiger partial charge in [-0.1, -0.05) is 30.3 Å². The Bertz CT molecular complexity index is 635. The van der Waals surface area contributed by atoms with Crippen LogP contribution in [0.3, 0.4) is 0 Å². The molecule has 1 amide bonds. The van der Waals surface area contributed by atoms with Crippen LogP contribution < -0.4 is 5.32 Å². The van der Waals surface area contributed by atoms with Crippen LogP contribution in [0, 0.1) is 5.92 Å². The molecule has 6 heteroatoms. The lowest BCUT2D eigenvalue weighted by Crippen LogP contribution is -2.36. The molecule has 3 rings (SSSR count). The fraction of sp³-hybridized carbons (Fsp3) is 0.529. The van der Waals surface area contributed by atoms with Gasteiger partial charge in [0.25, 0.3) is 0 Å². The Morgan fingerprint density at radius 1 is 1.30 bits per heavy atom. The van der Waals surface area contributed by atoms with Crippen molar-refractivity contribution in [3.05, 3.63) is 41.7 Å². The second kappa shape index (κ2) is 7.35. The van der Waals surface area contributed by atoms with E-state index in [9.17, 15) is 4.79 Å². The number of nitrogens with one attached hydrogen (secondary N) is 1. The Balaban J connectivity index is 1.47. The molecule has 0 spiro atoms. The molecular formula is C17H23N5O. The van der Waals surface area contributed by atoms with Gasteiger partial charge in [-0.25, -0.2) is 4.68 Å². The topological polar surface area (TPSA) is 72.7 Å². The molecule has 0 bridgehead atoms. The van der Waals surface area contributed by atoms with Crippen LogP contribution in [0.1, 0.15) is 37.6 Å². The molecule has 0 unspecified atom stereocenters. The predicted octanol–water partition coefficient (Wildman–Crippen LogP) is 1.76. The number of hydrogen-bond acceptors (Lipinski definition) is 4. The summed E-state index contributed by atoms with van der Waals surface area (Å²) in [5.74, 6) is 1.41. The van der Waals surface area contributed by atoms with E-state index in [4.69, 9.17) is 0 Å². The predicted molar refractivity (Wildman–Crippen MR) is 86.6 cm³/mol. The van der Waals surface area contributed by atoms with E-state index in [1.165, 1.54) is 18.4 Å². The van der Waals surface area contributed by atoms with Gasteiger partial charge in [0.1, 0.15) is 6.54 Å². The maximum absolute atomic E-state index is 12.1. The maximum Gasteiger partial charge on any atom is 0.242 e. The first-order valence-corrected chi connectivity index (χ1v) is 8.30. The molecule has 0 radical (unpaired) electrons. The summed E-state index contributed by atoms with van der Waals surface area (Å²) in [6.07, 6.45) is 5.16. The molecule has 2 aromatic rings. The van der Waals surface area contributed by atoms with Gasteiger partial charge in [-0.05, 0) is 54.5 Å². The zero-order valence-corrected chi connectivity index (χ0v) is 13.5. The number of rotatable bonds is 8. The van der Waals surface area contributed by atoms with E-state index in [1.807, 2.05) is 18.2 Å². The van der Waals surface area contributed by atoms with Crippen LogP contribution in [0.15, 0.2) is 30.3 Å². The molecule has 1 N–H and O–H groups in total. The van der Waals surface area contributed by atoms with Gasteiger partial charge in [0, 0.05) is 12.5 Å². The summed E-state index contributed by atoms with van der Waals surface area (Å²) in [5, 5.41) is 14.7. The molecule has 23 heavy (non-hydrogen) atoms. The SMILES string of the molecule is C[C@@H](NC(=O)Cn1nnnc1CCCc1ccccc1)C1CC1. The molecule has 1 aromatic heterocycles. The highest BCUT2D eigenvalue weighted by atomic mass is 16.2. The molecule has 1 aromatic carbocycles. The summed E-state index contributed by atoms with van der Waals surface area (Å²) in [4.78, 5) is 12.1. The van der Waals surface area contributed by atoms with E-state index in [0.29, 0.717) is 5.92 Å². The number of nitrogens with zero attached hydrogens (tertiary/aromatic N) is 4. The van der Waals surface area contributed by atoms with Crippen molar-refractivity contribution in [2.24, 2.45) is 5.92 Å². The Hall–Kier alpha value is -2.24. The second-order valence-corrected chi connectivity index (χ2v) is 6.29. The Morgan fingerprint density at radius 2 is 2.09 bits per heavy atom. The number of hydrogen-bond donors (Lipinski definition) is 1. The first-order valence-electron chi connectivity index (χ1n) is 8.30. The van der Waals surface area contributed by atoms with E-state index in [0.717, 1.165) is 25.1 Å². The molecule has 6 nitrogen and oxygen atoms in total. The van der Waals surface area contributed by atoms with Gasteiger partial charge in [0.2, 0.25) is 5.91 Å². The highest BCUT2D eigenvalue weighted by Gasteiger charge is 2.29. The van der Waals surface area contributed by atoms with Gasteiger partial charge in [-0.2, -0.15) is 0 Å². The van der Waals surface area contributed by atoms with Crippen molar-refractivity contribution in [1.29, 1.82) is 0 Å². The fourth-order valence-corrected chi connectivity index (χ4v) is 2.77. The van der Waals surface area contributed by atoms with Gasteiger partial charge >= 0.3 is 0 Å². The van der Waals surface area contributed by atoms with Crippen molar-refractivity contribution >= 4 is 5.91 Å². The van der Waals surface area contributed by atoms with Crippen molar-refractivity contribution in [3.8, 4) is 0 Å². The zero-order chi connectivity index (χ0) is 16.1. The minimum absolute atomic E-state index is 0.0130. The van der Waals surface area contributed by atoms with Gasteiger partial charge in [-0.3, -0.25) is 4.79 Å². The van der Waals surface area contributed by atoms with E-state index >= 15 is 0 Å². The summed E-state index contributed by atoms with van der Waals surface area (Å²) >= 11 is 0. The van der Waals surface area contributed by atoms with Crippen LogP contribution in [0.2, 0.25) is 0 Å². The minimum atomic E-state index is -0.0130. The molecule has 1 atom stereocenters. The van der Waals surface area contributed by atoms with Crippen LogP contribution in [0.4, 0.5) is 0 Å². The molecular weight excluding hydrogens is 290 g/mol. The summed E-state index contributed by atoms with van der Waals surface area (Å²) in [6.45, 7) is 2.26. The Morgan fingerprint density at radius 3 is 2.83 bits per heavy atom. The summed E-state index contributed by atoms with van der Waals surface area (Å²) < 4.78 is 1.61. The molecule has 0 saturated heterocycles. The van der Waals surface area contributed by atoms with Crippen LogP contribution in [-0.4, -0.2) is 32.2 Å². The number of carbonyl (C=O) groups is 1. The quantitative estimate of drug-likeness (QED) is 0.806. The van der Waals surface area contributed by atoms with E-state index in [1.54, 1.807) is 4.68 Å². The van der Waals surface area contributed by atoms with Crippen LogP contribution in [0.25, 0.3) is 0 Å². The van der Waals surface area contributed by atoms with E-state index in [2.05, 4.69) is 39.9 Å². The fourth-order valence-electron chi connectivity index (χ4n) is 2.77. The number of amides is 1. The highest BCUT2D eigenvalue weighted by Crippen LogP contribution is 2.32. The first-order chi connectivity index (χ1) is 11.2.